The molecule has 2 aliphatic carbocycles. The third-order valence-electron chi connectivity index (χ3n) is 7.65. The number of carboxylic acid groups (broad SMARTS) is 5. The third kappa shape index (κ3) is 13.6. The lowest BCUT2D eigenvalue weighted by atomic mass is 9.69. The van der Waals surface area contributed by atoms with E-state index in [1.54, 1.807) is 24.3 Å². The molecule has 9 N–H and O–H groups in total. The molecule has 2 aliphatic rings. The second-order valence-corrected chi connectivity index (χ2v) is 11.2. The molecule has 14 nitrogen and oxygen atoms in total. The molecule has 0 spiro atoms. The highest BCUT2D eigenvalue weighted by Gasteiger charge is 2.47. The molecule has 0 aromatic rings. The number of hydrogen-bond donors (Lipinski definition) is 9. The van der Waals surface area contributed by atoms with Crippen LogP contribution in [0.4, 0.5) is 0 Å². The van der Waals surface area contributed by atoms with E-state index in [0.717, 1.165) is 12.8 Å². The SMILES string of the molecule is C=C(C)C(=O)O.CCCCC1(C(=O)O)C=CC=CC1C(=O)O.CCCCC1(C(=O)O)C=CC=CC1C(=O)O.OCC(CO)(CO)CO. The van der Waals surface area contributed by atoms with Crippen molar-refractivity contribution in [2.45, 2.75) is 59.3 Å². The van der Waals surface area contributed by atoms with Gasteiger partial charge in [0.2, 0.25) is 0 Å². The summed E-state index contributed by atoms with van der Waals surface area (Å²) in [6.07, 6.45) is 16.1. The predicted octanol–water partition coefficient (Wildman–Crippen LogP) is 2.74. The molecule has 4 unspecified atom stereocenters. The highest BCUT2D eigenvalue weighted by Crippen LogP contribution is 2.40. The van der Waals surface area contributed by atoms with Crippen molar-refractivity contribution in [1.29, 1.82) is 0 Å². The van der Waals surface area contributed by atoms with Crippen molar-refractivity contribution in [3.8, 4) is 0 Å². The first-order valence-electron chi connectivity index (χ1n) is 14.9. The molecule has 0 aromatic heterocycles. The van der Waals surface area contributed by atoms with Gasteiger partial charge in [-0.3, -0.25) is 19.2 Å². The van der Waals surface area contributed by atoms with Gasteiger partial charge in [0.05, 0.1) is 43.7 Å². The maximum Gasteiger partial charge on any atom is 0.330 e. The van der Waals surface area contributed by atoms with Gasteiger partial charge in [0, 0.05) is 5.57 Å². The van der Waals surface area contributed by atoms with Gasteiger partial charge >= 0.3 is 29.8 Å². The Bertz CT molecular complexity index is 1070. The van der Waals surface area contributed by atoms with Crippen LogP contribution in [0.15, 0.2) is 60.8 Å². The summed E-state index contributed by atoms with van der Waals surface area (Å²) in [7, 11) is 0. The second-order valence-electron chi connectivity index (χ2n) is 11.2. The van der Waals surface area contributed by atoms with Crippen LogP contribution in [0.1, 0.15) is 59.3 Å². The molecule has 0 radical (unpaired) electrons. The van der Waals surface area contributed by atoms with Gasteiger partial charge in [0.25, 0.3) is 0 Å². The fourth-order valence-electron chi connectivity index (χ4n) is 4.30. The van der Waals surface area contributed by atoms with Crippen molar-refractivity contribution in [2.75, 3.05) is 26.4 Å². The van der Waals surface area contributed by atoms with Gasteiger partial charge in [-0.05, 0) is 19.8 Å². The zero-order valence-corrected chi connectivity index (χ0v) is 27.1. The van der Waals surface area contributed by atoms with Crippen LogP contribution < -0.4 is 0 Å². The summed E-state index contributed by atoms with van der Waals surface area (Å²) < 4.78 is 0. The van der Waals surface area contributed by atoms with Crippen LogP contribution in [0.3, 0.4) is 0 Å². The Kier molecular flexibility index (Phi) is 21.5. The predicted molar refractivity (Wildman–Crippen MR) is 171 cm³/mol. The Morgan fingerprint density at radius 2 is 0.936 bits per heavy atom. The lowest BCUT2D eigenvalue weighted by Crippen LogP contribution is -2.41. The van der Waals surface area contributed by atoms with Crippen LogP contribution in [0.5, 0.6) is 0 Å². The van der Waals surface area contributed by atoms with Crippen LogP contribution in [-0.2, 0) is 24.0 Å². The number of aliphatic carboxylic acids is 5. The molecule has 47 heavy (non-hydrogen) atoms. The minimum Gasteiger partial charge on any atom is -0.481 e. The lowest BCUT2D eigenvalue weighted by Gasteiger charge is -2.32. The van der Waals surface area contributed by atoms with Gasteiger partial charge < -0.3 is 46.0 Å². The zero-order chi connectivity index (χ0) is 36.8. The van der Waals surface area contributed by atoms with Crippen LogP contribution in [0.25, 0.3) is 0 Å². The Hall–Kier alpha value is -4.11. The van der Waals surface area contributed by atoms with Crippen molar-refractivity contribution < 1.29 is 69.9 Å². The average Bonchev–Trinajstić information content (AvgIpc) is 3.04. The molecule has 0 saturated heterocycles. The van der Waals surface area contributed by atoms with E-state index in [2.05, 4.69) is 6.58 Å². The fraction of sp³-hybridized carbons (Fsp3) is 0.545. The molecule has 0 fully saturated rings. The number of carbonyl (C=O) groups is 5. The first kappa shape index (κ1) is 45.0. The monoisotopic (exact) mass is 670 g/mol. The van der Waals surface area contributed by atoms with Crippen molar-refractivity contribution in [1.82, 2.24) is 0 Å². The fourth-order valence-corrected chi connectivity index (χ4v) is 4.30. The highest BCUT2D eigenvalue weighted by atomic mass is 16.4. The molecule has 0 bridgehead atoms. The van der Waals surface area contributed by atoms with Gasteiger partial charge in [-0.25, -0.2) is 4.79 Å². The molecule has 0 saturated carbocycles. The van der Waals surface area contributed by atoms with E-state index < -0.39 is 84.4 Å². The Balaban J connectivity index is 0. The number of hydrogen-bond acceptors (Lipinski definition) is 9. The summed E-state index contributed by atoms with van der Waals surface area (Å²) >= 11 is 0. The van der Waals surface area contributed by atoms with Gasteiger partial charge in [-0.1, -0.05) is 94.7 Å². The van der Waals surface area contributed by atoms with Crippen LogP contribution in [-0.4, -0.2) is 102 Å². The minimum atomic E-state index is -1.28. The molecular weight excluding hydrogens is 620 g/mol. The molecule has 0 aromatic carbocycles. The van der Waals surface area contributed by atoms with Gasteiger partial charge in [0.15, 0.2) is 0 Å². The van der Waals surface area contributed by atoms with E-state index in [1.807, 2.05) is 13.8 Å². The first-order chi connectivity index (χ1) is 22.0. The average molecular weight is 671 g/mol. The largest absolute Gasteiger partial charge is 0.481 e. The van der Waals surface area contributed by atoms with Crippen molar-refractivity contribution in [3.05, 3.63) is 60.8 Å². The number of aliphatic hydroxyl groups excluding tert-OH is 4. The summed E-state index contributed by atoms with van der Waals surface area (Å²) in [4.78, 5) is 54.5. The lowest BCUT2D eigenvalue weighted by molar-refractivity contribution is -0.157. The van der Waals surface area contributed by atoms with E-state index in [4.69, 9.17) is 35.7 Å². The van der Waals surface area contributed by atoms with Crippen LogP contribution in [0.2, 0.25) is 0 Å². The van der Waals surface area contributed by atoms with E-state index >= 15 is 0 Å². The van der Waals surface area contributed by atoms with E-state index in [-0.39, 0.29) is 5.57 Å². The number of unbranched alkanes of at least 4 members (excludes halogenated alkanes) is 2. The molecule has 266 valence electrons. The molecule has 0 amide bonds. The van der Waals surface area contributed by atoms with Crippen molar-refractivity contribution >= 4 is 29.8 Å². The summed E-state index contributed by atoms with van der Waals surface area (Å²) in [5.41, 5.74) is -3.50. The summed E-state index contributed by atoms with van der Waals surface area (Å²) in [6, 6.07) is 0. The van der Waals surface area contributed by atoms with Crippen LogP contribution >= 0.6 is 0 Å². The molecule has 2 rings (SSSR count). The molecular formula is C33H50O14. The summed E-state index contributed by atoms with van der Waals surface area (Å²) in [5, 5.41) is 78.6. The van der Waals surface area contributed by atoms with E-state index in [9.17, 15) is 34.2 Å². The Labute approximate surface area is 274 Å². The Morgan fingerprint density at radius 3 is 1.11 bits per heavy atom. The standard InChI is InChI=1S/2C12H16O4.C5H12O4.C4H6O2/c2*1-2-3-7-12(11(15)16)8-5-4-6-9(12)10(13)14;6-1-5(2-7,3-8)4-9;1-3(2)4(5)6/h2*4-6,8-9H,2-3,7H2,1H3,(H,13,14)(H,15,16);6-9H,1-4H2;1H2,2H3,(H,5,6). The number of allylic oxidation sites excluding steroid dienone is 4. The topological polar surface area (TPSA) is 267 Å². The van der Waals surface area contributed by atoms with Crippen LogP contribution in [0, 0.1) is 28.1 Å². The molecule has 4 atom stereocenters. The zero-order valence-electron chi connectivity index (χ0n) is 27.1. The van der Waals surface area contributed by atoms with E-state index in [0.29, 0.717) is 25.7 Å². The number of carboxylic acids is 5. The maximum atomic E-state index is 11.3. The minimum absolute atomic E-state index is 0.176. The highest BCUT2D eigenvalue weighted by molar-refractivity contribution is 5.88. The van der Waals surface area contributed by atoms with Gasteiger partial charge in [0.1, 0.15) is 10.8 Å². The first-order valence-corrected chi connectivity index (χ1v) is 14.9. The second kappa shape index (κ2) is 22.4. The van der Waals surface area contributed by atoms with Crippen molar-refractivity contribution in [3.63, 3.8) is 0 Å². The third-order valence-corrected chi connectivity index (χ3v) is 7.65. The van der Waals surface area contributed by atoms with Gasteiger partial charge in [-0.15, -0.1) is 0 Å². The Morgan fingerprint density at radius 1 is 0.638 bits per heavy atom. The molecule has 0 aliphatic heterocycles. The number of aliphatic hydroxyl groups is 4. The quantitative estimate of drug-likeness (QED) is 0.113. The number of rotatable bonds is 15. The summed E-state index contributed by atoms with van der Waals surface area (Å²) in [5.74, 6) is -7.17. The molecule has 14 heteroatoms. The molecule has 0 heterocycles. The smallest absolute Gasteiger partial charge is 0.330 e. The normalized spacial score (nSPS) is 22.3. The van der Waals surface area contributed by atoms with Gasteiger partial charge in [-0.2, -0.15) is 0 Å². The van der Waals surface area contributed by atoms with Crippen molar-refractivity contribution in [2.24, 2.45) is 28.1 Å². The maximum absolute atomic E-state index is 11.3. The summed E-state index contributed by atoms with van der Waals surface area (Å²) in [6.45, 7) is 6.88. The van der Waals surface area contributed by atoms with E-state index in [1.165, 1.54) is 31.2 Å².